The molecule has 0 fully saturated rings. The number of aliphatic imine (C=N–C) groups is 1. The number of allylic oxidation sites excluding steroid dienone is 4. The summed E-state index contributed by atoms with van der Waals surface area (Å²) in [5, 5.41) is 0. The lowest BCUT2D eigenvalue weighted by Crippen LogP contribution is -2.37. The van der Waals surface area contributed by atoms with E-state index in [1.54, 1.807) is 0 Å². The third-order valence-corrected chi connectivity index (χ3v) is 4.94. The van der Waals surface area contributed by atoms with E-state index in [2.05, 4.69) is 40.9 Å². The van der Waals surface area contributed by atoms with E-state index in [1.807, 2.05) is 59.0 Å². The van der Waals surface area contributed by atoms with Crippen LogP contribution in [0.4, 0.5) is 0 Å². The van der Waals surface area contributed by atoms with Crippen LogP contribution in [-0.2, 0) is 6.54 Å². The lowest BCUT2D eigenvalue weighted by molar-refractivity contribution is -0.698. The van der Waals surface area contributed by atoms with Gasteiger partial charge in [0.15, 0.2) is 18.4 Å². The summed E-state index contributed by atoms with van der Waals surface area (Å²) in [5.41, 5.74) is 1.32. The number of hydrogen-bond donors (Lipinski definition) is 0. The summed E-state index contributed by atoms with van der Waals surface area (Å²) in [6, 6.07) is 6.31. The molecular formula is C16H23N2S2+. The molecule has 0 aliphatic carbocycles. The van der Waals surface area contributed by atoms with Gasteiger partial charge in [-0.05, 0) is 13.0 Å². The van der Waals surface area contributed by atoms with Crippen molar-refractivity contribution in [3.63, 3.8) is 0 Å². The highest BCUT2D eigenvalue weighted by Gasteiger charge is 2.03. The summed E-state index contributed by atoms with van der Waals surface area (Å²) >= 11 is 0. The van der Waals surface area contributed by atoms with E-state index in [0.29, 0.717) is 0 Å². The largest absolute Gasteiger partial charge is 0.292 e. The highest BCUT2D eigenvalue weighted by atomic mass is 33.1. The van der Waals surface area contributed by atoms with Crippen molar-refractivity contribution in [1.82, 2.24) is 0 Å². The minimum absolute atomic E-state index is 0.884. The van der Waals surface area contributed by atoms with Crippen LogP contribution in [0.15, 0.2) is 53.7 Å². The van der Waals surface area contributed by atoms with E-state index in [-0.39, 0.29) is 0 Å². The summed E-state index contributed by atoms with van der Waals surface area (Å²) in [7, 11) is 3.82. The van der Waals surface area contributed by atoms with E-state index in [9.17, 15) is 0 Å². The van der Waals surface area contributed by atoms with Gasteiger partial charge in [0.25, 0.3) is 0 Å². The van der Waals surface area contributed by atoms with Crippen LogP contribution in [0.3, 0.4) is 0 Å². The molecule has 1 aromatic heterocycles. The minimum atomic E-state index is 0.884. The fourth-order valence-corrected chi connectivity index (χ4v) is 3.36. The fourth-order valence-electron chi connectivity index (χ4n) is 1.52. The Bertz CT molecular complexity index is 454. The average molecular weight is 308 g/mol. The molecular weight excluding hydrogens is 284 g/mol. The Hall–Kier alpha value is -1.00. The smallest absolute Gasteiger partial charge is 0.178 e. The van der Waals surface area contributed by atoms with Gasteiger partial charge in [-0.25, -0.2) is 4.57 Å². The Labute approximate surface area is 130 Å². The van der Waals surface area contributed by atoms with Crippen molar-refractivity contribution >= 4 is 27.8 Å². The van der Waals surface area contributed by atoms with E-state index < -0.39 is 0 Å². The van der Waals surface area contributed by atoms with Crippen molar-refractivity contribution in [2.75, 3.05) is 18.1 Å². The molecule has 1 aromatic rings. The van der Waals surface area contributed by atoms with Crippen molar-refractivity contribution < 1.29 is 4.57 Å². The van der Waals surface area contributed by atoms with E-state index in [0.717, 1.165) is 24.6 Å². The molecule has 108 valence electrons. The maximum Gasteiger partial charge on any atom is 0.178 e. The molecule has 0 aromatic carbocycles. The lowest BCUT2D eigenvalue weighted by atomic mass is 10.3. The van der Waals surface area contributed by atoms with Crippen LogP contribution in [0.2, 0.25) is 0 Å². The molecule has 2 nitrogen and oxygen atoms in total. The van der Waals surface area contributed by atoms with Gasteiger partial charge in [-0.15, -0.1) is 0 Å². The predicted octanol–water partition coefficient (Wildman–Crippen LogP) is 3.87. The molecule has 0 saturated heterocycles. The highest BCUT2D eigenvalue weighted by Crippen LogP contribution is 2.20. The second-order valence-electron chi connectivity index (χ2n) is 4.15. The number of aryl methyl sites for hydroxylation is 2. The lowest BCUT2D eigenvalue weighted by Gasteiger charge is -1.99. The number of hydrogen-bond acceptors (Lipinski definition) is 3. The molecule has 0 saturated carbocycles. The molecule has 0 bridgehead atoms. The molecule has 1 rings (SSSR count). The molecule has 0 atom stereocenters. The van der Waals surface area contributed by atoms with Crippen molar-refractivity contribution in [3.8, 4) is 0 Å². The number of nitrogens with zero attached hydrogens (tertiary/aromatic N) is 2. The normalized spacial score (nSPS) is 12.1. The van der Waals surface area contributed by atoms with Gasteiger partial charge in [-0.3, -0.25) is 4.99 Å². The summed E-state index contributed by atoms with van der Waals surface area (Å²) < 4.78 is 2.29. The molecule has 0 N–H and O–H groups in total. The monoisotopic (exact) mass is 307 g/mol. The van der Waals surface area contributed by atoms with Gasteiger partial charge in [0.05, 0.1) is 5.75 Å². The Kier molecular flexibility index (Phi) is 10.1. The maximum absolute atomic E-state index is 4.33. The van der Waals surface area contributed by atoms with Crippen LogP contribution in [0, 0.1) is 6.92 Å². The fraction of sp³-hybridized carbons (Fsp3) is 0.375. The van der Waals surface area contributed by atoms with Gasteiger partial charge in [-0.1, -0.05) is 45.9 Å². The van der Waals surface area contributed by atoms with E-state index >= 15 is 0 Å². The van der Waals surface area contributed by atoms with Crippen LogP contribution < -0.4 is 4.57 Å². The first-order valence-electron chi connectivity index (χ1n) is 6.82. The molecule has 0 unspecified atom stereocenters. The topological polar surface area (TPSA) is 16.2 Å². The summed E-state index contributed by atoms with van der Waals surface area (Å²) in [6.45, 7) is 6.10. The van der Waals surface area contributed by atoms with E-state index in [1.165, 1.54) is 5.69 Å². The Balaban J connectivity index is 2.01. The molecule has 4 heteroatoms. The van der Waals surface area contributed by atoms with Crippen LogP contribution in [0.1, 0.15) is 12.6 Å². The first-order chi connectivity index (χ1) is 9.84. The summed E-state index contributed by atoms with van der Waals surface area (Å²) in [5.74, 6) is 2.20. The zero-order valence-corrected chi connectivity index (χ0v) is 13.9. The molecule has 0 aliphatic rings. The van der Waals surface area contributed by atoms with Gasteiger partial charge in [0, 0.05) is 37.6 Å². The van der Waals surface area contributed by atoms with Gasteiger partial charge < -0.3 is 0 Å². The minimum Gasteiger partial charge on any atom is -0.292 e. The van der Waals surface area contributed by atoms with Crippen LogP contribution in [-0.4, -0.2) is 24.3 Å². The van der Waals surface area contributed by atoms with Crippen LogP contribution >= 0.6 is 21.6 Å². The molecule has 0 amide bonds. The summed E-state index contributed by atoms with van der Waals surface area (Å²) in [6.07, 6.45) is 12.0. The quantitative estimate of drug-likeness (QED) is 0.226. The van der Waals surface area contributed by atoms with Gasteiger partial charge in [-0.2, -0.15) is 0 Å². The van der Waals surface area contributed by atoms with E-state index in [4.69, 9.17) is 0 Å². The second kappa shape index (κ2) is 11.8. The highest BCUT2D eigenvalue weighted by molar-refractivity contribution is 8.76. The molecule has 0 spiro atoms. The number of rotatable bonds is 9. The van der Waals surface area contributed by atoms with Crippen molar-refractivity contribution in [1.29, 1.82) is 0 Å². The maximum atomic E-state index is 4.33. The Morgan fingerprint density at radius 3 is 2.80 bits per heavy atom. The number of pyridine rings is 1. The SMILES string of the molecule is C/C=C/C=C\C=N\CCSSCC[n+]1ccccc1C. The molecule has 1 heterocycles. The zero-order valence-electron chi connectivity index (χ0n) is 12.2. The zero-order chi connectivity index (χ0) is 14.5. The van der Waals surface area contributed by atoms with Crippen molar-refractivity contribution in [2.45, 2.75) is 20.4 Å². The first kappa shape index (κ1) is 17.1. The van der Waals surface area contributed by atoms with Crippen molar-refractivity contribution in [3.05, 3.63) is 54.4 Å². The third kappa shape index (κ3) is 8.23. The van der Waals surface area contributed by atoms with Crippen LogP contribution in [0.25, 0.3) is 0 Å². The van der Waals surface area contributed by atoms with Crippen LogP contribution in [0.5, 0.6) is 0 Å². The third-order valence-electron chi connectivity index (χ3n) is 2.58. The van der Waals surface area contributed by atoms with Gasteiger partial charge in [0.1, 0.15) is 0 Å². The number of aromatic nitrogens is 1. The first-order valence-corrected chi connectivity index (χ1v) is 9.30. The standard InChI is InChI=1S/C16H23N2S2/c1-3-4-5-7-10-17-11-14-19-20-15-13-18-12-8-6-9-16(18)2/h3-10,12H,11,13-15H2,1-2H3/q+1/b4-3+,7-5-,17-10+. The Morgan fingerprint density at radius 1 is 1.15 bits per heavy atom. The van der Waals surface area contributed by atoms with Gasteiger partial charge >= 0.3 is 0 Å². The molecule has 0 aliphatic heterocycles. The predicted molar refractivity (Wildman–Crippen MR) is 93.6 cm³/mol. The molecule has 20 heavy (non-hydrogen) atoms. The molecule has 0 radical (unpaired) electrons. The summed E-state index contributed by atoms with van der Waals surface area (Å²) in [4.78, 5) is 4.33. The van der Waals surface area contributed by atoms with Gasteiger partial charge in [0.2, 0.25) is 0 Å². The Morgan fingerprint density at radius 2 is 2.00 bits per heavy atom. The average Bonchev–Trinajstić information content (AvgIpc) is 2.46. The van der Waals surface area contributed by atoms with Crippen molar-refractivity contribution in [2.24, 2.45) is 4.99 Å². The second-order valence-corrected chi connectivity index (χ2v) is 6.85.